The fraction of sp³-hybridized carbons (Fsp3) is 0.375. The van der Waals surface area contributed by atoms with Gasteiger partial charge in [-0.3, -0.25) is 0 Å². The number of ether oxygens (including phenoxy) is 1. The standard InChI is InChI=1S/C16H21N3O/c1-3-4-5-13-6-8-15(9-7-13)20-16-18-11-14(10-17)12(2)19-16/h6-9,11H,3-5,10,17H2,1-2H3. The van der Waals surface area contributed by atoms with Crippen LogP contribution >= 0.6 is 0 Å². The number of aryl methyl sites for hydroxylation is 2. The third kappa shape index (κ3) is 3.78. The first-order valence-electron chi connectivity index (χ1n) is 7.02. The van der Waals surface area contributed by atoms with E-state index in [-0.39, 0.29) is 0 Å². The second-order valence-corrected chi connectivity index (χ2v) is 4.82. The van der Waals surface area contributed by atoms with Crippen molar-refractivity contribution in [3.05, 3.63) is 47.3 Å². The highest BCUT2D eigenvalue weighted by Gasteiger charge is 2.04. The van der Waals surface area contributed by atoms with Crippen LogP contribution in [0.4, 0.5) is 0 Å². The first kappa shape index (κ1) is 14.5. The van der Waals surface area contributed by atoms with Crippen LogP contribution in [0.3, 0.4) is 0 Å². The van der Waals surface area contributed by atoms with E-state index < -0.39 is 0 Å². The van der Waals surface area contributed by atoms with Crippen molar-refractivity contribution in [3.8, 4) is 11.8 Å². The Morgan fingerprint density at radius 1 is 1.20 bits per heavy atom. The summed E-state index contributed by atoms with van der Waals surface area (Å²) in [5.74, 6) is 0.755. The van der Waals surface area contributed by atoms with Gasteiger partial charge < -0.3 is 10.5 Å². The van der Waals surface area contributed by atoms with Crippen LogP contribution in [0, 0.1) is 6.92 Å². The number of benzene rings is 1. The maximum atomic E-state index is 5.66. The molecule has 0 aliphatic carbocycles. The Balaban J connectivity index is 2.04. The van der Waals surface area contributed by atoms with Crippen LogP contribution in [0.5, 0.6) is 11.8 Å². The number of rotatable bonds is 6. The number of nitrogens with two attached hydrogens (primary N) is 1. The number of hydrogen-bond donors (Lipinski definition) is 1. The molecule has 0 atom stereocenters. The topological polar surface area (TPSA) is 61.0 Å². The summed E-state index contributed by atoms with van der Waals surface area (Å²) in [6.45, 7) is 4.55. The quantitative estimate of drug-likeness (QED) is 0.875. The van der Waals surface area contributed by atoms with Gasteiger partial charge in [0.2, 0.25) is 0 Å². The van der Waals surface area contributed by atoms with Gasteiger partial charge in [0.15, 0.2) is 0 Å². The molecule has 2 rings (SSSR count). The zero-order chi connectivity index (χ0) is 14.4. The number of unbranched alkanes of at least 4 members (excludes halogenated alkanes) is 1. The molecule has 2 aromatic rings. The Kier molecular flexibility index (Phi) is 5.07. The second kappa shape index (κ2) is 7.01. The molecule has 20 heavy (non-hydrogen) atoms. The van der Waals surface area contributed by atoms with Crippen molar-refractivity contribution >= 4 is 0 Å². The highest BCUT2D eigenvalue weighted by molar-refractivity contribution is 5.29. The zero-order valence-electron chi connectivity index (χ0n) is 12.1. The van der Waals surface area contributed by atoms with Crippen molar-refractivity contribution in [2.45, 2.75) is 39.7 Å². The van der Waals surface area contributed by atoms with Crippen molar-refractivity contribution in [1.29, 1.82) is 0 Å². The van der Waals surface area contributed by atoms with E-state index in [0.717, 1.165) is 23.4 Å². The molecule has 0 saturated carbocycles. The van der Waals surface area contributed by atoms with Gasteiger partial charge in [0.05, 0.1) is 0 Å². The molecule has 4 heteroatoms. The molecule has 0 fully saturated rings. The van der Waals surface area contributed by atoms with Gasteiger partial charge in [-0.25, -0.2) is 4.98 Å². The van der Waals surface area contributed by atoms with Crippen molar-refractivity contribution in [2.24, 2.45) is 5.73 Å². The summed E-state index contributed by atoms with van der Waals surface area (Å²) in [7, 11) is 0. The number of nitrogens with zero attached hydrogens (tertiary/aromatic N) is 2. The predicted molar refractivity (Wildman–Crippen MR) is 79.8 cm³/mol. The zero-order valence-corrected chi connectivity index (χ0v) is 12.1. The van der Waals surface area contributed by atoms with E-state index in [9.17, 15) is 0 Å². The lowest BCUT2D eigenvalue weighted by Crippen LogP contribution is -2.03. The van der Waals surface area contributed by atoms with E-state index in [1.165, 1.54) is 18.4 Å². The third-order valence-corrected chi connectivity index (χ3v) is 3.23. The molecule has 1 aromatic carbocycles. The molecule has 4 nitrogen and oxygen atoms in total. The van der Waals surface area contributed by atoms with E-state index in [1.807, 2.05) is 19.1 Å². The fourth-order valence-electron chi connectivity index (χ4n) is 1.93. The second-order valence-electron chi connectivity index (χ2n) is 4.82. The van der Waals surface area contributed by atoms with E-state index in [2.05, 4.69) is 29.0 Å². The predicted octanol–water partition coefficient (Wildman–Crippen LogP) is 3.38. The average molecular weight is 271 g/mol. The van der Waals surface area contributed by atoms with Gasteiger partial charge in [-0.05, 0) is 37.5 Å². The molecule has 0 saturated heterocycles. The summed E-state index contributed by atoms with van der Waals surface area (Å²) in [4.78, 5) is 8.46. The lowest BCUT2D eigenvalue weighted by atomic mass is 10.1. The van der Waals surface area contributed by atoms with E-state index in [1.54, 1.807) is 6.20 Å². The SMILES string of the molecule is CCCCc1ccc(Oc2ncc(CN)c(C)n2)cc1. The van der Waals surface area contributed by atoms with Crippen LogP contribution in [-0.4, -0.2) is 9.97 Å². The summed E-state index contributed by atoms with van der Waals surface area (Å²) in [5, 5.41) is 0. The van der Waals surface area contributed by atoms with Crippen molar-refractivity contribution < 1.29 is 4.74 Å². The van der Waals surface area contributed by atoms with Gasteiger partial charge in [-0.2, -0.15) is 4.98 Å². The Bertz CT molecular complexity index is 552. The van der Waals surface area contributed by atoms with Crippen LogP contribution in [0.25, 0.3) is 0 Å². The Morgan fingerprint density at radius 2 is 1.95 bits per heavy atom. The summed E-state index contributed by atoms with van der Waals surface area (Å²) >= 11 is 0. The van der Waals surface area contributed by atoms with E-state index >= 15 is 0 Å². The monoisotopic (exact) mass is 271 g/mol. The molecule has 0 radical (unpaired) electrons. The Hall–Kier alpha value is -1.94. The third-order valence-electron chi connectivity index (χ3n) is 3.23. The van der Waals surface area contributed by atoms with E-state index in [0.29, 0.717) is 12.6 Å². The normalized spacial score (nSPS) is 10.6. The molecule has 0 amide bonds. The molecule has 106 valence electrons. The lowest BCUT2D eigenvalue weighted by Gasteiger charge is -2.07. The van der Waals surface area contributed by atoms with Crippen molar-refractivity contribution in [2.75, 3.05) is 0 Å². The largest absolute Gasteiger partial charge is 0.424 e. The summed E-state index contributed by atoms with van der Waals surface area (Å²) < 4.78 is 5.66. The van der Waals surface area contributed by atoms with Gasteiger partial charge in [0.1, 0.15) is 5.75 Å². The van der Waals surface area contributed by atoms with Crippen LogP contribution in [0.2, 0.25) is 0 Å². The summed E-state index contributed by atoms with van der Waals surface area (Å²) in [5.41, 5.74) is 8.71. The number of aromatic nitrogens is 2. The minimum absolute atomic E-state index is 0.362. The van der Waals surface area contributed by atoms with Crippen LogP contribution in [0.1, 0.15) is 36.6 Å². The molecule has 0 aliphatic rings. The average Bonchev–Trinajstić information content (AvgIpc) is 2.47. The van der Waals surface area contributed by atoms with Gasteiger partial charge in [-0.1, -0.05) is 25.5 Å². The van der Waals surface area contributed by atoms with Gasteiger partial charge >= 0.3 is 6.01 Å². The molecule has 0 aliphatic heterocycles. The minimum atomic E-state index is 0.362. The van der Waals surface area contributed by atoms with Gasteiger partial charge in [0, 0.05) is 24.0 Å². The first-order valence-corrected chi connectivity index (χ1v) is 7.02. The highest BCUT2D eigenvalue weighted by atomic mass is 16.5. The number of hydrogen-bond acceptors (Lipinski definition) is 4. The van der Waals surface area contributed by atoms with Crippen molar-refractivity contribution in [1.82, 2.24) is 9.97 Å². The van der Waals surface area contributed by atoms with Crippen molar-refractivity contribution in [3.63, 3.8) is 0 Å². The molecular weight excluding hydrogens is 250 g/mol. The van der Waals surface area contributed by atoms with Crippen LogP contribution < -0.4 is 10.5 Å². The molecule has 0 unspecified atom stereocenters. The molecule has 0 bridgehead atoms. The fourth-order valence-corrected chi connectivity index (χ4v) is 1.93. The minimum Gasteiger partial charge on any atom is -0.424 e. The molecular formula is C16H21N3O. The maximum Gasteiger partial charge on any atom is 0.322 e. The Morgan fingerprint density at radius 3 is 2.55 bits per heavy atom. The summed E-state index contributed by atoms with van der Waals surface area (Å²) in [6, 6.07) is 8.46. The van der Waals surface area contributed by atoms with Crippen LogP contribution in [-0.2, 0) is 13.0 Å². The molecule has 2 N–H and O–H groups in total. The molecule has 1 aromatic heterocycles. The Labute approximate surface area is 120 Å². The highest BCUT2D eigenvalue weighted by Crippen LogP contribution is 2.19. The first-order chi connectivity index (χ1) is 9.72. The summed E-state index contributed by atoms with van der Waals surface area (Å²) in [6.07, 6.45) is 5.24. The van der Waals surface area contributed by atoms with Crippen LogP contribution in [0.15, 0.2) is 30.5 Å². The lowest BCUT2D eigenvalue weighted by molar-refractivity contribution is 0.439. The van der Waals surface area contributed by atoms with E-state index in [4.69, 9.17) is 10.5 Å². The molecule has 0 spiro atoms. The maximum absolute atomic E-state index is 5.66. The van der Waals surface area contributed by atoms with Gasteiger partial charge in [-0.15, -0.1) is 0 Å². The smallest absolute Gasteiger partial charge is 0.322 e. The van der Waals surface area contributed by atoms with Gasteiger partial charge in [0.25, 0.3) is 0 Å². The molecule has 1 heterocycles.